The molecule has 564 valence electrons. The molecule has 19 heteroatoms. The molecule has 95 heavy (non-hydrogen) atoms. The zero-order valence-electron chi connectivity index (χ0n) is 62.3. The second-order valence-corrected chi connectivity index (χ2v) is 31.7. The third kappa shape index (κ3) is 67.6. The molecule has 0 radical (unpaired) electrons. The van der Waals surface area contributed by atoms with Crippen LogP contribution in [-0.2, 0) is 65.4 Å². The number of esters is 4. The van der Waals surface area contributed by atoms with Crippen molar-refractivity contribution < 1.29 is 80.2 Å². The third-order valence-electron chi connectivity index (χ3n) is 18.3. The summed E-state index contributed by atoms with van der Waals surface area (Å²) in [7, 11) is -9.91. The van der Waals surface area contributed by atoms with Crippen molar-refractivity contribution in [2.45, 2.75) is 401 Å². The Morgan fingerprint density at radius 1 is 0.295 bits per heavy atom. The molecule has 0 bridgehead atoms. The highest BCUT2D eigenvalue weighted by Crippen LogP contribution is 2.45. The second-order valence-electron chi connectivity index (χ2n) is 28.8. The fourth-order valence-electron chi connectivity index (χ4n) is 11.5. The van der Waals surface area contributed by atoms with Gasteiger partial charge < -0.3 is 33.8 Å². The van der Waals surface area contributed by atoms with Crippen LogP contribution >= 0.6 is 15.6 Å². The van der Waals surface area contributed by atoms with Gasteiger partial charge in [-0.3, -0.25) is 37.3 Å². The highest BCUT2D eigenvalue weighted by molar-refractivity contribution is 7.47. The van der Waals surface area contributed by atoms with Crippen LogP contribution < -0.4 is 0 Å². The highest BCUT2D eigenvalue weighted by atomic mass is 31.2. The lowest BCUT2D eigenvalue weighted by atomic mass is 9.99. The van der Waals surface area contributed by atoms with Gasteiger partial charge in [0.1, 0.15) is 19.3 Å². The van der Waals surface area contributed by atoms with E-state index in [9.17, 15) is 43.2 Å². The number of unbranched alkanes of at least 4 members (excludes halogenated alkanes) is 37. The molecule has 0 heterocycles. The third-order valence-corrected chi connectivity index (χ3v) is 20.2. The number of hydrogen-bond donors (Lipinski definition) is 3. The Hall–Kier alpha value is -1.94. The molecule has 3 N–H and O–H groups in total. The van der Waals surface area contributed by atoms with Gasteiger partial charge in [-0.1, -0.05) is 331 Å². The summed E-state index contributed by atoms with van der Waals surface area (Å²) < 4.78 is 68.4. The van der Waals surface area contributed by atoms with Gasteiger partial charge in [0, 0.05) is 25.7 Å². The van der Waals surface area contributed by atoms with E-state index in [1.54, 1.807) is 0 Å². The van der Waals surface area contributed by atoms with Gasteiger partial charge in [0.05, 0.1) is 26.4 Å². The first-order valence-electron chi connectivity index (χ1n) is 39.3. The van der Waals surface area contributed by atoms with Crippen LogP contribution in [0, 0.1) is 23.7 Å². The molecule has 0 aromatic heterocycles. The Morgan fingerprint density at radius 2 is 0.505 bits per heavy atom. The molecule has 0 aliphatic carbocycles. The van der Waals surface area contributed by atoms with Gasteiger partial charge in [-0.15, -0.1) is 0 Å². The molecule has 4 unspecified atom stereocenters. The average Bonchev–Trinajstić information content (AvgIpc) is 2.52. The minimum absolute atomic E-state index is 0.103. The topological polar surface area (TPSA) is 237 Å². The molecule has 0 spiro atoms. The predicted octanol–water partition coefficient (Wildman–Crippen LogP) is 22.0. The van der Waals surface area contributed by atoms with Crippen LogP contribution in [0.2, 0.25) is 0 Å². The highest BCUT2D eigenvalue weighted by Gasteiger charge is 2.30. The number of aliphatic hydroxyl groups excluding tert-OH is 1. The number of carbonyl (C=O) groups is 4. The number of phosphoric ester groups is 2. The van der Waals surface area contributed by atoms with Gasteiger partial charge in [-0.25, -0.2) is 9.13 Å². The van der Waals surface area contributed by atoms with E-state index < -0.39 is 97.5 Å². The Labute approximate surface area is 581 Å². The molecule has 0 saturated heterocycles. The lowest BCUT2D eigenvalue weighted by Crippen LogP contribution is -2.30. The molecule has 7 atom stereocenters. The Kier molecular flexibility index (Phi) is 64.0. The van der Waals surface area contributed by atoms with Gasteiger partial charge >= 0.3 is 39.5 Å². The van der Waals surface area contributed by atoms with Crippen molar-refractivity contribution >= 4 is 39.5 Å². The molecule has 0 amide bonds. The predicted molar refractivity (Wildman–Crippen MR) is 386 cm³/mol. The molecular formula is C76H148O17P2. The van der Waals surface area contributed by atoms with Crippen molar-refractivity contribution in [2.24, 2.45) is 23.7 Å². The van der Waals surface area contributed by atoms with Crippen molar-refractivity contribution in [3.05, 3.63) is 0 Å². The Morgan fingerprint density at radius 3 is 0.747 bits per heavy atom. The minimum Gasteiger partial charge on any atom is -0.462 e. The number of ether oxygens (including phenoxy) is 4. The fraction of sp³-hybridized carbons (Fsp3) is 0.947. The van der Waals surface area contributed by atoms with Crippen molar-refractivity contribution in [3.63, 3.8) is 0 Å². The van der Waals surface area contributed by atoms with Crippen molar-refractivity contribution in [1.82, 2.24) is 0 Å². The normalized spacial score (nSPS) is 14.7. The fourth-order valence-corrected chi connectivity index (χ4v) is 13.1. The lowest BCUT2D eigenvalue weighted by molar-refractivity contribution is -0.161. The molecule has 0 rings (SSSR count). The van der Waals surface area contributed by atoms with Gasteiger partial charge in [-0.2, -0.15) is 0 Å². The largest absolute Gasteiger partial charge is 0.472 e. The SMILES string of the molecule is CCC(C)CCCCCCCCCCCCC(=O)O[C@H](COC(=O)CCCCCCCCC(C)CC)COP(=O)(O)OC[C@H](O)COP(=O)(O)OC[C@@H](COC(=O)CCCCCCCCCCCCCCCCCCCCC(C)C)OC(=O)CCCCCCCCCC(C)C. The van der Waals surface area contributed by atoms with Crippen LogP contribution in [-0.4, -0.2) is 96.7 Å². The van der Waals surface area contributed by atoms with Gasteiger partial charge in [0.25, 0.3) is 0 Å². The van der Waals surface area contributed by atoms with E-state index in [1.165, 1.54) is 180 Å². The Bertz CT molecular complexity index is 1870. The lowest BCUT2D eigenvalue weighted by Gasteiger charge is -2.21. The van der Waals surface area contributed by atoms with Crippen molar-refractivity contribution in [1.29, 1.82) is 0 Å². The van der Waals surface area contributed by atoms with Gasteiger partial charge in [0.2, 0.25) is 0 Å². The maximum absolute atomic E-state index is 13.1. The number of carbonyl (C=O) groups excluding carboxylic acids is 4. The summed E-state index contributed by atoms with van der Waals surface area (Å²) >= 11 is 0. The standard InChI is InChI=1S/C76H148O17P2/c1-9-68(7)54-46-38-30-24-21-22-26-32-42-50-58-75(80)92-72(63-87-74(79)57-49-41-35-34-39-47-55-69(8)10-2)65-91-95(84,85)89-61-70(77)60-88-94(82,83)90-64-71(93-76(81)59-51-43-33-27-29-37-45-53-67(5)6)62-86-73(78)56-48-40-31-25-20-18-16-14-12-11-13-15-17-19-23-28-36-44-52-66(3)4/h66-72,77H,9-65H2,1-8H3,(H,82,83)(H,84,85)/t68?,69?,70-,71-,72-/m1/s1. The van der Waals surface area contributed by atoms with Crippen LogP contribution in [0.5, 0.6) is 0 Å². The zero-order valence-corrected chi connectivity index (χ0v) is 64.1. The van der Waals surface area contributed by atoms with E-state index >= 15 is 0 Å². The first-order chi connectivity index (χ1) is 45.7. The number of phosphoric acid groups is 2. The van der Waals surface area contributed by atoms with E-state index in [0.29, 0.717) is 31.6 Å². The van der Waals surface area contributed by atoms with Crippen molar-refractivity contribution in [3.8, 4) is 0 Å². The van der Waals surface area contributed by atoms with Crippen molar-refractivity contribution in [2.75, 3.05) is 39.6 Å². The summed E-state index contributed by atoms with van der Waals surface area (Å²) in [4.78, 5) is 72.7. The number of rotatable bonds is 73. The molecule has 0 aromatic carbocycles. The number of hydrogen-bond acceptors (Lipinski definition) is 15. The quantitative estimate of drug-likeness (QED) is 0.0222. The molecular weight excluding hydrogens is 1250 g/mol. The van der Waals surface area contributed by atoms with Crippen LogP contribution in [0.25, 0.3) is 0 Å². The average molecular weight is 1400 g/mol. The summed E-state index contributed by atoms with van der Waals surface area (Å²) in [6.07, 6.45) is 50.2. The Balaban J connectivity index is 5.15. The van der Waals surface area contributed by atoms with Crippen LogP contribution in [0.3, 0.4) is 0 Å². The smallest absolute Gasteiger partial charge is 0.462 e. The maximum atomic E-state index is 13.1. The van der Waals surface area contributed by atoms with E-state index in [2.05, 4.69) is 55.4 Å². The molecule has 0 saturated carbocycles. The second kappa shape index (κ2) is 65.4. The minimum atomic E-state index is -4.96. The van der Waals surface area contributed by atoms with E-state index in [0.717, 1.165) is 114 Å². The molecule has 17 nitrogen and oxygen atoms in total. The van der Waals surface area contributed by atoms with Crippen LogP contribution in [0.15, 0.2) is 0 Å². The van der Waals surface area contributed by atoms with Gasteiger partial charge in [0.15, 0.2) is 12.2 Å². The van der Waals surface area contributed by atoms with E-state index in [1.807, 2.05) is 0 Å². The first kappa shape index (κ1) is 93.1. The summed E-state index contributed by atoms with van der Waals surface area (Å²) in [5, 5.41) is 10.6. The van der Waals surface area contributed by atoms with Crippen LogP contribution in [0.1, 0.15) is 383 Å². The van der Waals surface area contributed by atoms with Crippen LogP contribution in [0.4, 0.5) is 0 Å². The zero-order chi connectivity index (χ0) is 70.3. The summed E-state index contributed by atoms with van der Waals surface area (Å²) in [6.45, 7) is 14.2. The van der Waals surface area contributed by atoms with E-state index in [-0.39, 0.29) is 25.7 Å². The monoisotopic (exact) mass is 1400 g/mol. The molecule has 0 aromatic rings. The molecule has 0 fully saturated rings. The molecule has 0 aliphatic rings. The maximum Gasteiger partial charge on any atom is 0.472 e. The van der Waals surface area contributed by atoms with Gasteiger partial charge in [-0.05, 0) is 49.4 Å². The summed E-state index contributed by atoms with van der Waals surface area (Å²) in [5.41, 5.74) is 0. The number of aliphatic hydroxyl groups is 1. The molecule has 0 aliphatic heterocycles. The summed E-state index contributed by atoms with van der Waals surface area (Å²) in [5.74, 6) is 0.927. The van der Waals surface area contributed by atoms with E-state index in [4.69, 9.17) is 37.0 Å². The first-order valence-corrected chi connectivity index (χ1v) is 42.3. The summed E-state index contributed by atoms with van der Waals surface area (Å²) in [6, 6.07) is 0.